The number of ether oxygens (including phenoxy) is 1. The van der Waals surface area contributed by atoms with E-state index in [9.17, 15) is 9.59 Å². The number of hydrogen-bond donors (Lipinski definition) is 2. The molecule has 0 spiro atoms. The Bertz CT molecular complexity index is 640. The van der Waals surface area contributed by atoms with Crippen LogP contribution in [0.15, 0.2) is 48.2 Å². The first-order valence-corrected chi connectivity index (χ1v) is 7.00. The van der Waals surface area contributed by atoms with Crippen LogP contribution >= 0.6 is 0 Å². The highest BCUT2D eigenvalue weighted by Gasteiger charge is 2.25. The molecule has 0 aliphatic heterocycles. The second kappa shape index (κ2) is 8.53. The molecular formula is C17H19NO5. The van der Waals surface area contributed by atoms with Crippen molar-refractivity contribution in [2.75, 3.05) is 6.61 Å². The van der Waals surface area contributed by atoms with Crippen molar-refractivity contribution in [2.45, 2.75) is 13.8 Å². The van der Waals surface area contributed by atoms with Crippen molar-refractivity contribution in [3.8, 4) is 0 Å². The number of ketones is 2. The highest BCUT2D eigenvalue weighted by Crippen LogP contribution is 2.25. The van der Waals surface area contributed by atoms with Crippen LogP contribution in [0.3, 0.4) is 0 Å². The molecule has 2 rings (SSSR count). The first kappa shape index (κ1) is 18.2. The molecule has 0 saturated carbocycles. The zero-order valence-corrected chi connectivity index (χ0v) is 13.0. The summed E-state index contributed by atoms with van der Waals surface area (Å²) in [6.45, 7) is 4.40. The van der Waals surface area contributed by atoms with Crippen LogP contribution in [-0.4, -0.2) is 29.4 Å². The van der Waals surface area contributed by atoms with Crippen molar-refractivity contribution in [1.29, 1.82) is 0 Å². The smallest absolute Gasteiger partial charge is 0.402 e. The lowest BCUT2D eigenvalue weighted by Gasteiger charge is -2.17. The van der Waals surface area contributed by atoms with Gasteiger partial charge in [0.2, 0.25) is 5.78 Å². The minimum atomic E-state index is -1.33. The van der Waals surface area contributed by atoms with Crippen molar-refractivity contribution in [1.82, 2.24) is 0 Å². The van der Waals surface area contributed by atoms with Crippen LogP contribution in [0.5, 0.6) is 0 Å². The van der Waals surface area contributed by atoms with Crippen LogP contribution in [0.2, 0.25) is 0 Å². The monoisotopic (exact) mass is 317 g/mol. The van der Waals surface area contributed by atoms with Crippen LogP contribution in [-0.2, 0) is 14.3 Å². The van der Waals surface area contributed by atoms with Crippen LogP contribution in [0.1, 0.15) is 19.4 Å². The molecule has 6 heteroatoms. The number of amides is 1. The predicted molar refractivity (Wildman–Crippen MR) is 85.5 cm³/mol. The number of hydrogen-bond acceptors (Lipinski definition) is 4. The molecule has 1 aliphatic rings. The summed E-state index contributed by atoms with van der Waals surface area (Å²) in [4.78, 5) is 32.7. The van der Waals surface area contributed by atoms with Gasteiger partial charge in [-0.25, -0.2) is 4.79 Å². The molecule has 23 heavy (non-hydrogen) atoms. The lowest BCUT2D eigenvalue weighted by Crippen LogP contribution is -2.17. The number of rotatable bonds is 4. The van der Waals surface area contributed by atoms with Crippen molar-refractivity contribution in [3.05, 3.63) is 53.8 Å². The molecule has 3 N–H and O–H groups in total. The summed E-state index contributed by atoms with van der Waals surface area (Å²) >= 11 is 0. The summed E-state index contributed by atoms with van der Waals surface area (Å²) in [5.74, 6) is 0.00870. The fraction of sp³-hybridized carbons (Fsp3) is 0.235. The minimum Gasteiger partial charge on any atom is -0.488 e. The first-order valence-electron chi connectivity index (χ1n) is 7.00. The Morgan fingerprint density at radius 2 is 1.65 bits per heavy atom. The molecule has 1 amide bonds. The number of allylic oxidation sites excluding steroid dienone is 3. The fourth-order valence-electron chi connectivity index (χ4n) is 1.82. The number of carbonyl (C=O) groups excluding carboxylic acids is 2. The van der Waals surface area contributed by atoms with E-state index < -0.39 is 6.09 Å². The summed E-state index contributed by atoms with van der Waals surface area (Å²) in [5.41, 5.74) is 5.10. The number of carboxylic acid groups (broad SMARTS) is 1. The molecule has 0 unspecified atom stereocenters. The van der Waals surface area contributed by atoms with E-state index in [0.29, 0.717) is 23.7 Å². The summed E-state index contributed by atoms with van der Waals surface area (Å²) in [6, 6.07) is 9.14. The second-order valence-electron chi connectivity index (χ2n) is 5.18. The van der Waals surface area contributed by atoms with Gasteiger partial charge in [0, 0.05) is 0 Å². The molecule has 1 aromatic carbocycles. The van der Waals surface area contributed by atoms with E-state index in [1.807, 2.05) is 32.0 Å². The number of carbonyl (C=O) groups is 3. The third-order valence-electron chi connectivity index (χ3n) is 2.71. The first-order chi connectivity index (χ1) is 10.8. The molecule has 0 aromatic heterocycles. The van der Waals surface area contributed by atoms with E-state index in [1.54, 1.807) is 12.1 Å². The normalized spacial score (nSPS) is 13.7. The Morgan fingerprint density at radius 1 is 1.13 bits per heavy atom. The molecule has 0 atom stereocenters. The maximum atomic E-state index is 12.0. The molecular weight excluding hydrogens is 298 g/mol. The van der Waals surface area contributed by atoms with E-state index in [0.717, 1.165) is 0 Å². The largest absolute Gasteiger partial charge is 0.488 e. The van der Waals surface area contributed by atoms with Crippen LogP contribution in [0.4, 0.5) is 4.79 Å². The molecule has 0 bridgehead atoms. The highest BCUT2D eigenvalue weighted by atomic mass is 16.5. The lowest BCUT2D eigenvalue weighted by atomic mass is 9.95. The van der Waals surface area contributed by atoms with Crippen LogP contribution in [0.25, 0.3) is 5.57 Å². The summed E-state index contributed by atoms with van der Waals surface area (Å²) in [5, 5.41) is 7.19. The molecule has 6 nitrogen and oxygen atoms in total. The summed E-state index contributed by atoms with van der Waals surface area (Å²) in [7, 11) is 0. The van der Waals surface area contributed by atoms with Gasteiger partial charge < -0.3 is 15.6 Å². The predicted octanol–water partition coefficient (Wildman–Crippen LogP) is 2.40. The Morgan fingerprint density at radius 3 is 2.17 bits per heavy atom. The maximum absolute atomic E-state index is 12.0. The zero-order chi connectivity index (χ0) is 17.4. The van der Waals surface area contributed by atoms with E-state index in [2.05, 4.69) is 5.73 Å². The lowest BCUT2D eigenvalue weighted by molar-refractivity contribution is -0.116. The molecule has 122 valence electrons. The van der Waals surface area contributed by atoms with E-state index >= 15 is 0 Å². The summed E-state index contributed by atoms with van der Waals surface area (Å²) < 4.78 is 5.55. The third kappa shape index (κ3) is 5.78. The van der Waals surface area contributed by atoms with Crippen molar-refractivity contribution >= 4 is 23.2 Å². The third-order valence-corrected chi connectivity index (χ3v) is 2.71. The fourth-order valence-corrected chi connectivity index (χ4v) is 1.82. The van der Waals surface area contributed by atoms with Crippen molar-refractivity contribution < 1.29 is 24.2 Å². The second-order valence-corrected chi connectivity index (χ2v) is 5.18. The Kier molecular flexibility index (Phi) is 6.73. The van der Waals surface area contributed by atoms with Gasteiger partial charge in [0.25, 0.3) is 0 Å². The molecule has 1 aliphatic carbocycles. The van der Waals surface area contributed by atoms with Crippen molar-refractivity contribution in [3.63, 3.8) is 0 Å². The highest BCUT2D eigenvalue weighted by molar-refractivity contribution is 6.35. The van der Waals surface area contributed by atoms with Gasteiger partial charge in [0.05, 0.1) is 12.2 Å². The quantitative estimate of drug-likeness (QED) is 0.829. The van der Waals surface area contributed by atoms with Crippen molar-refractivity contribution in [2.24, 2.45) is 11.7 Å². The van der Waals surface area contributed by atoms with Gasteiger partial charge in [-0.2, -0.15) is 0 Å². The Labute approximate surface area is 134 Å². The topological polar surface area (TPSA) is 107 Å². The van der Waals surface area contributed by atoms with Gasteiger partial charge >= 0.3 is 6.09 Å². The Hall–Kier alpha value is -2.89. The van der Waals surface area contributed by atoms with Gasteiger partial charge in [-0.05, 0) is 23.6 Å². The van der Waals surface area contributed by atoms with Crippen LogP contribution < -0.4 is 5.73 Å². The molecule has 0 radical (unpaired) electrons. The Balaban J connectivity index is 0.000000593. The molecule has 1 aromatic rings. The zero-order valence-electron chi connectivity index (χ0n) is 13.0. The average molecular weight is 317 g/mol. The van der Waals surface area contributed by atoms with Gasteiger partial charge in [-0.1, -0.05) is 44.2 Å². The number of benzene rings is 1. The molecule has 0 saturated heterocycles. The average Bonchev–Trinajstić information content (AvgIpc) is 2.48. The van der Waals surface area contributed by atoms with Gasteiger partial charge in [-0.15, -0.1) is 0 Å². The molecule has 0 fully saturated rings. The van der Waals surface area contributed by atoms with Crippen LogP contribution in [0, 0.1) is 5.92 Å². The SMILES string of the molecule is CC(C)COC1=C(c2ccccc2)C(=O)C=CC1=O.NC(=O)O. The van der Waals surface area contributed by atoms with Gasteiger partial charge in [0.15, 0.2) is 11.5 Å². The van der Waals surface area contributed by atoms with Gasteiger partial charge in [0.1, 0.15) is 0 Å². The van der Waals surface area contributed by atoms with E-state index in [-0.39, 0.29) is 17.3 Å². The number of nitrogens with two attached hydrogens (primary N) is 1. The van der Waals surface area contributed by atoms with E-state index in [4.69, 9.17) is 14.6 Å². The minimum absolute atomic E-state index is 0.160. The van der Waals surface area contributed by atoms with E-state index in [1.165, 1.54) is 12.2 Å². The maximum Gasteiger partial charge on any atom is 0.402 e. The standard InChI is InChI=1S/C16H16O3.CH3NO2/c1-11(2)10-19-16-14(18)9-8-13(17)15(16)12-6-4-3-5-7-12;2-1(3)4/h3-9,11H,10H2,1-2H3;2H2,(H,3,4). The van der Waals surface area contributed by atoms with Gasteiger partial charge in [-0.3, -0.25) is 9.59 Å². The molecule has 0 heterocycles. The summed E-state index contributed by atoms with van der Waals surface area (Å²) in [6.07, 6.45) is 1.23. The number of primary amides is 1.